The van der Waals surface area contributed by atoms with Gasteiger partial charge in [-0.05, 0) is 24.3 Å². The largest absolute Gasteiger partial charge is 0.377 e. The molecule has 0 aromatic carbocycles. The van der Waals surface area contributed by atoms with E-state index in [1.165, 1.54) is 0 Å². The van der Waals surface area contributed by atoms with E-state index in [0.29, 0.717) is 19.8 Å². The summed E-state index contributed by atoms with van der Waals surface area (Å²) in [4.78, 5) is 5.28. The fraction of sp³-hybridized carbons (Fsp3) is 0.385. The Morgan fingerprint density at radius 2 is 2.32 bits per heavy atom. The van der Waals surface area contributed by atoms with Gasteiger partial charge in [0.15, 0.2) is 5.82 Å². The molecule has 2 aromatic heterocycles. The number of H-pyrrole nitrogens is 1. The van der Waals surface area contributed by atoms with Crippen molar-refractivity contribution in [3.63, 3.8) is 0 Å². The van der Waals surface area contributed by atoms with Crippen molar-refractivity contribution in [3.05, 3.63) is 30.5 Å². The average molecular weight is 259 g/mol. The number of ether oxygens (including phenoxy) is 1. The van der Waals surface area contributed by atoms with Gasteiger partial charge >= 0.3 is 0 Å². The highest BCUT2D eigenvalue weighted by molar-refractivity contribution is 5.55. The third-order valence-corrected chi connectivity index (χ3v) is 3.32. The minimum Gasteiger partial charge on any atom is -0.377 e. The minimum absolute atomic E-state index is 0.180. The van der Waals surface area contributed by atoms with Crippen molar-refractivity contribution in [2.24, 2.45) is 5.73 Å². The third-order valence-electron chi connectivity index (χ3n) is 3.32. The lowest BCUT2D eigenvalue weighted by atomic mass is 10.2. The van der Waals surface area contributed by atoms with Crippen molar-refractivity contribution in [2.45, 2.75) is 6.04 Å². The molecule has 1 atom stereocenters. The maximum atomic E-state index is 5.76. The molecule has 6 heteroatoms. The van der Waals surface area contributed by atoms with E-state index in [9.17, 15) is 0 Å². The van der Waals surface area contributed by atoms with Crippen LogP contribution in [0.2, 0.25) is 0 Å². The quantitative estimate of drug-likeness (QED) is 0.845. The van der Waals surface area contributed by atoms with Crippen molar-refractivity contribution in [2.75, 3.05) is 31.2 Å². The van der Waals surface area contributed by atoms with Gasteiger partial charge in [-0.3, -0.25) is 0 Å². The predicted octanol–water partition coefficient (Wildman–Crippen LogP) is 0.636. The highest BCUT2D eigenvalue weighted by Gasteiger charge is 2.23. The van der Waals surface area contributed by atoms with Gasteiger partial charge < -0.3 is 20.4 Å². The van der Waals surface area contributed by atoms with Crippen LogP contribution in [0, 0.1) is 0 Å². The number of rotatable bonds is 3. The smallest absolute Gasteiger partial charge is 0.151 e. The van der Waals surface area contributed by atoms with E-state index in [2.05, 4.69) is 20.1 Å². The Hall–Kier alpha value is -1.92. The van der Waals surface area contributed by atoms with Gasteiger partial charge in [0.1, 0.15) is 5.69 Å². The molecule has 1 aliphatic heterocycles. The Balaban J connectivity index is 1.81. The number of nitrogens with zero attached hydrogens (tertiary/aromatic N) is 3. The molecular weight excluding hydrogens is 242 g/mol. The summed E-state index contributed by atoms with van der Waals surface area (Å²) in [7, 11) is 0. The van der Waals surface area contributed by atoms with Crippen LogP contribution < -0.4 is 10.6 Å². The standard InChI is InChI=1S/C13H17N5O/c14-8-10-9-19-7-6-18(10)13-4-3-12(16-17-13)11-2-1-5-15-11/h1-5,10,15H,6-9,14H2. The third kappa shape index (κ3) is 2.45. The van der Waals surface area contributed by atoms with Gasteiger partial charge in [0.25, 0.3) is 0 Å². The van der Waals surface area contributed by atoms with Crippen LogP contribution in [-0.2, 0) is 4.74 Å². The predicted molar refractivity (Wildman–Crippen MR) is 72.8 cm³/mol. The monoisotopic (exact) mass is 259 g/mol. The second-order valence-corrected chi connectivity index (χ2v) is 4.52. The number of aromatic amines is 1. The first-order chi connectivity index (χ1) is 9.38. The molecule has 0 amide bonds. The molecule has 1 aliphatic rings. The van der Waals surface area contributed by atoms with Crippen LogP contribution in [0.15, 0.2) is 30.5 Å². The summed E-state index contributed by atoms with van der Waals surface area (Å²) in [5.74, 6) is 0.856. The summed E-state index contributed by atoms with van der Waals surface area (Å²) >= 11 is 0. The lowest BCUT2D eigenvalue weighted by Crippen LogP contribution is -2.49. The van der Waals surface area contributed by atoms with Gasteiger partial charge in [-0.1, -0.05) is 0 Å². The summed E-state index contributed by atoms with van der Waals surface area (Å²) in [6, 6.07) is 8.05. The van der Waals surface area contributed by atoms with Crippen LogP contribution in [-0.4, -0.2) is 47.5 Å². The fourth-order valence-corrected chi connectivity index (χ4v) is 2.26. The zero-order valence-electron chi connectivity index (χ0n) is 10.6. The molecule has 100 valence electrons. The van der Waals surface area contributed by atoms with Crippen LogP contribution >= 0.6 is 0 Å². The molecule has 1 unspecified atom stereocenters. The van der Waals surface area contributed by atoms with Crippen molar-refractivity contribution in [3.8, 4) is 11.4 Å². The fourth-order valence-electron chi connectivity index (χ4n) is 2.26. The molecule has 6 nitrogen and oxygen atoms in total. The zero-order chi connectivity index (χ0) is 13.1. The molecule has 0 spiro atoms. The van der Waals surface area contributed by atoms with Gasteiger partial charge in [-0.15, -0.1) is 10.2 Å². The molecule has 3 rings (SSSR count). The maximum Gasteiger partial charge on any atom is 0.151 e. The zero-order valence-corrected chi connectivity index (χ0v) is 10.6. The van der Waals surface area contributed by atoms with Crippen LogP contribution in [0.3, 0.4) is 0 Å². The SMILES string of the molecule is NCC1COCCN1c1ccc(-c2ccc[nH]2)nn1. The molecule has 1 saturated heterocycles. The molecule has 0 aliphatic carbocycles. The second kappa shape index (κ2) is 5.38. The number of anilines is 1. The number of nitrogens with one attached hydrogen (secondary N) is 1. The molecule has 3 N–H and O–H groups in total. The average Bonchev–Trinajstić information content (AvgIpc) is 3.02. The molecule has 19 heavy (non-hydrogen) atoms. The van der Waals surface area contributed by atoms with E-state index in [0.717, 1.165) is 23.8 Å². The molecule has 0 bridgehead atoms. The van der Waals surface area contributed by atoms with E-state index >= 15 is 0 Å². The van der Waals surface area contributed by atoms with Gasteiger partial charge in [0, 0.05) is 19.3 Å². The highest BCUT2D eigenvalue weighted by atomic mass is 16.5. The lowest BCUT2D eigenvalue weighted by molar-refractivity contribution is 0.0957. The summed E-state index contributed by atoms with van der Waals surface area (Å²) in [6.07, 6.45) is 1.87. The Kier molecular flexibility index (Phi) is 3.43. The number of nitrogens with two attached hydrogens (primary N) is 1. The lowest BCUT2D eigenvalue weighted by Gasteiger charge is -2.35. The van der Waals surface area contributed by atoms with Crippen molar-refractivity contribution >= 4 is 5.82 Å². The van der Waals surface area contributed by atoms with Gasteiger partial charge in [0.05, 0.1) is 24.9 Å². The molecule has 2 aromatic rings. The van der Waals surface area contributed by atoms with E-state index in [1.807, 2.05) is 30.5 Å². The summed E-state index contributed by atoms with van der Waals surface area (Å²) in [6.45, 7) is 2.71. The number of hydrogen-bond donors (Lipinski definition) is 2. The van der Waals surface area contributed by atoms with Crippen LogP contribution in [0.4, 0.5) is 5.82 Å². The summed E-state index contributed by atoms with van der Waals surface area (Å²) in [5.41, 5.74) is 7.57. The van der Waals surface area contributed by atoms with E-state index in [1.54, 1.807) is 0 Å². The number of hydrogen-bond acceptors (Lipinski definition) is 5. The first kappa shape index (κ1) is 12.1. The number of aromatic nitrogens is 3. The Bertz CT molecular complexity index is 510. The van der Waals surface area contributed by atoms with Crippen molar-refractivity contribution < 1.29 is 4.74 Å². The van der Waals surface area contributed by atoms with Crippen LogP contribution in [0.25, 0.3) is 11.4 Å². The van der Waals surface area contributed by atoms with E-state index in [4.69, 9.17) is 10.5 Å². The summed E-state index contributed by atoms with van der Waals surface area (Å²) in [5, 5.41) is 8.56. The molecule has 0 saturated carbocycles. The minimum atomic E-state index is 0.180. The van der Waals surface area contributed by atoms with Gasteiger partial charge in [-0.25, -0.2) is 0 Å². The van der Waals surface area contributed by atoms with E-state index in [-0.39, 0.29) is 6.04 Å². The second-order valence-electron chi connectivity index (χ2n) is 4.52. The van der Waals surface area contributed by atoms with Crippen molar-refractivity contribution in [1.82, 2.24) is 15.2 Å². The first-order valence-electron chi connectivity index (χ1n) is 6.40. The number of morpholine rings is 1. The summed E-state index contributed by atoms with van der Waals surface area (Å²) < 4.78 is 5.43. The van der Waals surface area contributed by atoms with E-state index < -0.39 is 0 Å². The Morgan fingerprint density at radius 1 is 1.37 bits per heavy atom. The first-order valence-corrected chi connectivity index (χ1v) is 6.40. The Morgan fingerprint density at radius 3 is 3.00 bits per heavy atom. The van der Waals surface area contributed by atoms with Gasteiger partial charge in [0.2, 0.25) is 0 Å². The maximum absolute atomic E-state index is 5.76. The van der Waals surface area contributed by atoms with Gasteiger partial charge in [-0.2, -0.15) is 0 Å². The molecule has 0 radical (unpaired) electrons. The topological polar surface area (TPSA) is 80.1 Å². The van der Waals surface area contributed by atoms with Crippen LogP contribution in [0.1, 0.15) is 0 Å². The van der Waals surface area contributed by atoms with Crippen molar-refractivity contribution in [1.29, 1.82) is 0 Å². The molecule has 1 fully saturated rings. The van der Waals surface area contributed by atoms with Crippen LogP contribution in [0.5, 0.6) is 0 Å². The highest BCUT2D eigenvalue weighted by Crippen LogP contribution is 2.19. The Labute approximate surface area is 111 Å². The normalized spacial score (nSPS) is 19.6. The molecular formula is C13H17N5O. The molecule has 3 heterocycles.